The van der Waals surface area contributed by atoms with Gasteiger partial charge >= 0.3 is 0 Å². The number of carbonyl (C=O) groups is 1. The maximum Gasteiger partial charge on any atom is 0.198 e. The summed E-state index contributed by atoms with van der Waals surface area (Å²) in [6.45, 7) is 5.42. The van der Waals surface area contributed by atoms with Crippen molar-refractivity contribution in [3.05, 3.63) is 41.7 Å². The Hall–Kier alpha value is -1.61. The first-order valence-corrected chi connectivity index (χ1v) is 5.64. The first-order valence-electron chi connectivity index (χ1n) is 5.64. The third kappa shape index (κ3) is 2.11. The van der Waals surface area contributed by atoms with Crippen LogP contribution in [-0.2, 0) is 14.3 Å². The number of rotatable bonds is 2. The average molecular weight is 232 g/mol. The van der Waals surface area contributed by atoms with Gasteiger partial charge in [0.2, 0.25) is 0 Å². The molecule has 0 N–H and O–H groups in total. The van der Waals surface area contributed by atoms with E-state index < -0.39 is 11.9 Å². The molecule has 1 aliphatic heterocycles. The third-order valence-electron chi connectivity index (χ3n) is 2.89. The van der Waals surface area contributed by atoms with Gasteiger partial charge in [-0.15, -0.1) is 0 Å². The largest absolute Gasteiger partial charge is 0.469 e. The molecule has 0 aromatic heterocycles. The first kappa shape index (κ1) is 11.9. The summed E-state index contributed by atoms with van der Waals surface area (Å²) in [5.74, 6) is 0.740. The molecule has 2 unspecified atom stereocenters. The Labute approximate surface area is 101 Å². The van der Waals surface area contributed by atoms with Gasteiger partial charge in [0.25, 0.3) is 0 Å². The van der Waals surface area contributed by atoms with Gasteiger partial charge in [-0.2, -0.15) is 0 Å². The van der Waals surface area contributed by atoms with Crippen molar-refractivity contribution < 1.29 is 14.3 Å². The van der Waals surface area contributed by atoms with E-state index >= 15 is 0 Å². The highest BCUT2D eigenvalue weighted by Crippen LogP contribution is 2.37. The highest BCUT2D eigenvalue weighted by molar-refractivity contribution is 5.89. The van der Waals surface area contributed by atoms with Crippen LogP contribution in [0.4, 0.5) is 0 Å². The SMILES string of the molecule is CC1=C(c2ccccc2)C(C)(C=O)OC(C)O1. The van der Waals surface area contributed by atoms with Gasteiger partial charge in [0.05, 0.1) is 0 Å². The van der Waals surface area contributed by atoms with E-state index in [9.17, 15) is 4.79 Å². The molecule has 2 atom stereocenters. The minimum Gasteiger partial charge on any atom is -0.469 e. The Morgan fingerprint density at radius 3 is 2.53 bits per heavy atom. The molecule has 17 heavy (non-hydrogen) atoms. The molecule has 0 amide bonds. The van der Waals surface area contributed by atoms with Crippen LogP contribution in [0.25, 0.3) is 5.57 Å². The lowest BCUT2D eigenvalue weighted by molar-refractivity contribution is -0.174. The number of allylic oxidation sites excluding steroid dienone is 1. The maximum absolute atomic E-state index is 11.3. The molecule has 0 radical (unpaired) electrons. The molecule has 0 saturated carbocycles. The number of hydrogen-bond acceptors (Lipinski definition) is 3. The maximum atomic E-state index is 11.3. The van der Waals surface area contributed by atoms with Gasteiger partial charge in [-0.3, -0.25) is 4.79 Å². The fraction of sp³-hybridized carbons (Fsp3) is 0.357. The standard InChI is InChI=1S/C14H16O3/c1-10-13(12-7-5-4-6-8-12)14(3,9-15)17-11(2)16-10/h4-9,11H,1-3H3. The summed E-state index contributed by atoms with van der Waals surface area (Å²) in [6.07, 6.45) is 0.426. The molecular weight excluding hydrogens is 216 g/mol. The second kappa shape index (κ2) is 4.34. The average Bonchev–Trinajstić information content (AvgIpc) is 2.29. The van der Waals surface area contributed by atoms with Crippen molar-refractivity contribution in [2.24, 2.45) is 0 Å². The van der Waals surface area contributed by atoms with E-state index in [1.807, 2.05) is 37.3 Å². The molecule has 3 nitrogen and oxygen atoms in total. The minimum absolute atomic E-state index is 0.405. The van der Waals surface area contributed by atoms with Crippen molar-refractivity contribution in [1.29, 1.82) is 0 Å². The van der Waals surface area contributed by atoms with Crippen LogP contribution in [0.1, 0.15) is 26.3 Å². The Morgan fingerprint density at radius 1 is 1.29 bits per heavy atom. The van der Waals surface area contributed by atoms with Crippen LogP contribution in [0.3, 0.4) is 0 Å². The normalized spacial score (nSPS) is 28.8. The molecule has 0 saturated heterocycles. The summed E-state index contributed by atoms with van der Waals surface area (Å²) < 4.78 is 11.2. The molecule has 1 heterocycles. The van der Waals surface area contributed by atoms with E-state index in [1.165, 1.54) is 0 Å². The van der Waals surface area contributed by atoms with E-state index in [4.69, 9.17) is 9.47 Å². The molecular formula is C14H16O3. The number of ether oxygens (including phenoxy) is 2. The number of carbonyl (C=O) groups excluding carboxylic acids is 1. The highest BCUT2D eigenvalue weighted by atomic mass is 16.7. The van der Waals surface area contributed by atoms with Gasteiger partial charge in [0, 0.05) is 5.57 Å². The predicted octanol–water partition coefficient (Wildman–Crippen LogP) is 2.77. The van der Waals surface area contributed by atoms with Gasteiger partial charge in [-0.1, -0.05) is 30.3 Å². The molecule has 0 spiro atoms. The zero-order chi connectivity index (χ0) is 12.5. The van der Waals surface area contributed by atoms with Crippen LogP contribution in [0.2, 0.25) is 0 Å². The lowest BCUT2D eigenvalue weighted by Gasteiger charge is -2.36. The van der Waals surface area contributed by atoms with Gasteiger partial charge in [0.1, 0.15) is 5.76 Å². The van der Waals surface area contributed by atoms with E-state index in [-0.39, 0.29) is 0 Å². The first-order chi connectivity index (χ1) is 8.07. The van der Waals surface area contributed by atoms with Gasteiger partial charge in [0.15, 0.2) is 18.2 Å². The Bertz CT molecular complexity index is 450. The summed E-state index contributed by atoms with van der Waals surface area (Å²) in [5, 5.41) is 0. The summed E-state index contributed by atoms with van der Waals surface area (Å²) in [5.41, 5.74) is 0.807. The van der Waals surface area contributed by atoms with Crippen LogP contribution in [0.15, 0.2) is 36.1 Å². The van der Waals surface area contributed by atoms with Crippen molar-refractivity contribution in [1.82, 2.24) is 0 Å². The van der Waals surface area contributed by atoms with Crippen molar-refractivity contribution in [3.63, 3.8) is 0 Å². The zero-order valence-corrected chi connectivity index (χ0v) is 10.3. The van der Waals surface area contributed by atoms with E-state index in [1.54, 1.807) is 13.8 Å². The van der Waals surface area contributed by atoms with E-state index in [0.29, 0.717) is 0 Å². The summed E-state index contributed by atoms with van der Waals surface area (Å²) >= 11 is 0. The lowest BCUT2D eigenvalue weighted by Crippen LogP contribution is -2.41. The fourth-order valence-electron chi connectivity index (χ4n) is 2.27. The smallest absolute Gasteiger partial charge is 0.198 e. The minimum atomic E-state index is -0.941. The summed E-state index contributed by atoms with van der Waals surface area (Å²) in [7, 11) is 0. The van der Waals surface area contributed by atoms with Gasteiger partial charge in [-0.25, -0.2) is 0 Å². The van der Waals surface area contributed by atoms with Crippen molar-refractivity contribution in [2.45, 2.75) is 32.7 Å². The Balaban J connectivity index is 2.55. The topological polar surface area (TPSA) is 35.5 Å². The van der Waals surface area contributed by atoms with Crippen molar-refractivity contribution in [3.8, 4) is 0 Å². The number of hydrogen-bond donors (Lipinski definition) is 0. The quantitative estimate of drug-likeness (QED) is 0.735. The molecule has 1 aromatic carbocycles. The van der Waals surface area contributed by atoms with Crippen molar-refractivity contribution in [2.75, 3.05) is 0 Å². The molecule has 3 heteroatoms. The monoisotopic (exact) mass is 232 g/mol. The lowest BCUT2D eigenvalue weighted by atomic mass is 9.89. The summed E-state index contributed by atoms with van der Waals surface area (Å²) in [6, 6.07) is 9.69. The molecule has 90 valence electrons. The molecule has 1 aliphatic rings. The van der Waals surface area contributed by atoms with Crippen LogP contribution >= 0.6 is 0 Å². The third-order valence-corrected chi connectivity index (χ3v) is 2.89. The fourth-order valence-corrected chi connectivity index (χ4v) is 2.27. The molecule has 0 fully saturated rings. The van der Waals surface area contributed by atoms with Gasteiger partial charge < -0.3 is 9.47 Å². The highest BCUT2D eigenvalue weighted by Gasteiger charge is 2.39. The molecule has 1 aromatic rings. The Kier molecular flexibility index (Phi) is 3.03. The molecule has 0 aliphatic carbocycles. The number of benzene rings is 1. The predicted molar refractivity (Wildman–Crippen MR) is 65.1 cm³/mol. The van der Waals surface area contributed by atoms with E-state index in [2.05, 4.69) is 0 Å². The van der Waals surface area contributed by atoms with E-state index in [0.717, 1.165) is 23.2 Å². The zero-order valence-electron chi connectivity index (χ0n) is 10.3. The Morgan fingerprint density at radius 2 is 1.94 bits per heavy atom. The van der Waals surface area contributed by atoms with Crippen LogP contribution in [0.5, 0.6) is 0 Å². The second-order valence-electron chi connectivity index (χ2n) is 4.33. The van der Waals surface area contributed by atoms with Crippen molar-refractivity contribution >= 4 is 11.9 Å². The second-order valence-corrected chi connectivity index (χ2v) is 4.33. The molecule has 2 rings (SSSR count). The van der Waals surface area contributed by atoms with Crippen LogP contribution in [-0.4, -0.2) is 18.2 Å². The van der Waals surface area contributed by atoms with Crippen LogP contribution in [0, 0.1) is 0 Å². The summed E-state index contributed by atoms with van der Waals surface area (Å²) in [4.78, 5) is 11.3. The number of aldehydes is 1. The molecule has 0 bridgehead atoms. The van der Waals surface area contributed by atoms with Crippen LogP contribution < -0.4 is 0 Å². The van der Waals surface area contributed by atoms with Gasteiger partial charge in [-0.05, 0) is 26.3 Å².